The van der Waals surface area contributed by atoms with Crippen LogP contribution in [0.5, 0.6) is 5.75 Å². The molecule has 0 aliphatic carbocycles. The van der Waals surface area contributed by atoms with Crippen molar-refractivity contribution in [2.24, 2.45) is 0 Å². The number of rotatable bonds is 5. The van der Waals surface area contributed by atoms with Gasteiger partial charge in [-0.25, -0.2) is 21.2 Å². The number of nitrogens with zero attached hydrogens (tertiary/aromatic N) is 2. The summed E-state index contributed by atoms with van der Waals surface area (Å²) in [7, 11) is -7.84. The first-order valence-electron chi connectivity index (χ1n) is 10.7. The van der Waals surface area contributed by atoms with Crippen molar-refractivity contribution in [1.82, 2.24) is 9.55 Å². The Kier molecular flexibility index (Phi) is 5.76. The molecule has 0 bridgehead atoms. The smallest absolute Gasteiger partial charge is 0.264 e. The summed E-state index contributed by atoms with van der Waals surface area (Å²) in [6.45, 7) is 0.0495. The Morgan fingerprint density at radius 1 is 1.11 bits per heavy atom. The van der Waals surface area contributed by atoms with Crippen LogP contribution in [0.3, 0.4) is 0 Å². The van der Waals surface area contributed by atoms with E-state index in [1.807, 2.05) is 0 Å². The maximum absolute atomic E-state index is 14.1. The average Bonchev–Trinajstić information content (AvgIpc) is 2.82. The number of hydrogen-bond donors (Lipinski definition) is 3. The van der Waals surface area contributed by atoms with Crippen molar-refractivity contribution in [2.75, 3.05) is 16.3 Å². The molecule has 4 aromatic rings. The third-order valence-electron chi connectivity index (χ3n) is 5.69. The van der Waals surface area contributed by atoms with Crippen molar-refractivity contribution in [2.45, 2.75) is 11.4 Å². The average molecular weight is 543 g/mol. The summed E-state index contributed by atoms with van der Waals surface area (Å²) in [4.78, 5) is 17.4. The van der Waals surface area contributed by atoms with Gasteiger partial charge < -0.3 is 15.0 Å². The second-order valence-corrected chi connectivity index (χ2v) is 11.9. The van der Waals surface area contributed by atoms with Gasteiger partial charge in [0.1, 0.15) is 17.1 Å². The molecule has 1 aliphatic rings. The number of benzene rings is 2. The second-order valence-electron chi connectivity index (χ2n) is 8.42. The zero-order chi connectivity index (χ0) is 26.5. The van der Waals surface area contributed by atoms with Gasteiger partial charge in [0, 0.05) is 23.5 Å². The maximum atomic E-state index is 14.1. The summed E-state index contributed by atoms with van der Waals surface area (Å²) in [5.74, 6) is -1.24. The standard InChI is InChI=1S/C24H19FN4O6S2/c1-36(32,33)28-16-3-4-18-21(11-16)37(34,35)13-19(27-18)22-23(30)17-10-15(25)2-5-20(17)29(24(22)31)12-14-6-8-26-9-7-14/h2-11,13,27-28,30H,12H2,1H3. The minimum atomic E-state index is -4.19. The fourth-order valence-electron chi connectivity index (χ4n) is 4.14. The second kappa shape index (κ2) is 8.71. The molecule has 0 amide bonds. The number of anilines is 2. The molecule has 1 aliphatic heterocycles. The van der Waals surface area contributed by atoms with Crippen molar-refractivity contribution in [3.8, 4) is 5.75 Å². The minimum absolute atomic E-state index is 0.0160. The van der Waals surface area contributed by atoms with Gasteiger partial charge in [-0.2, -0.15) is 0 Å². The number of aromatic nitrogens is 2. The number of sulfonamides is 1. The lowest BCUT2D eigenvalue weighted by molar-refractivity contribution is 0.476. The molecule has 0 saturated heterocycles. The number of nitrogens with one attached hydrogen (secondary N) is 2. The van der Waals surface area contributed by atoms with Gasteiger partial charge in [-0.15, -0.1) is 0 Å². The highest BCUT2D eigenvalue weighted by atomic mass is 32.2. The fourth-order valence-corrected chi connectivity index (χ4v) is 6.02. The highest BCUT2D eigenvalue weighted by Gasteiger charge is 2.29. The van der Waals surface area contributed by atoms with E-state index in [0.717, 1.165) is 29.9 Å². The van der Waals surface area contributed by atoms with Crippen LogP contribution < -0.4 is 15.6 Å². The van der Waals surface area contributed by atoms with Crippen LogP contribution in [0.15, 0.2) is 76.0 Å². The van der Waals surface area contributed by atoms with E-state index in [9.17, 15) is 31.1 Å². The van der Waals surface area contributed by atoms with E-state index in [-0.39, 0.29) is 45.0 Å². The summed E-state index contributed by atoms with van der Waals surface area (Å²) in [5.41, 5.74) is -0.230. The lowest BCUT2D eigenvalue weighted by atomic mass is 10.1. The zero-order valence-electron chi connectivity index (χ0n) is 19.1. The summed E-state index contributed by atoms with van der Waals surface area (Å²) in [6, 6.07) is 10.8. The molecule has 190 valence electrons. The van der Waals surface area contributed by atoms with Crippen LogP contribution in [-0.2, 0) is 26.4 Å². The first-order chi connectivity index (χ1) is 17.4. The molecule has 2 aromatic carbocycles. The van der Waals surface area contributed by atoms with Crippen molar-refractivity contribution in [3.63, 3.8) is 0 Å². The van der Waals surface area contributed by atoms with Gasteiger partial charge in [0.15, 0.2) is 0 Å². The molecule has 0 unspecified atom stereocenters. The SMILES string of the molecule is CS(=O)(=O)Nc1ccc2c(c1)S(=O)(=O)C=C(c1c(O)c3cc(F)ccc3n(Cc3ccncc3)c1=O)N2. The van der Waals surface area contributed by atoms with Crippen molar-refractivity contribution < 1.29 is 26.3 Å². The van der Waals surface area contributed by atoms with Gasteiger partial charge in [-0.1, -0.05) is 0 Å². The maximum Gasteiger partial charge on any atom is 0.264 e. The molecule has 0 radical (unpaired) electrons. The molecular formula is C24H19FN4O6S2. The van der Waals surface area contributed by atoms with Crippen LogP contribution in [0.1, 0.15) is 11.1 Å². The Morgan fingerprint density at radius 3 is 2.54 bits per heavy atom. The van der Waals surface area contributed by atoms with Gasteiger partial charge in [0.2, 0.25) is 19.9 Å². The Morgan fingerprint density at radius 2 is 1.84 bits per heavy atom. The Hall–Kier alpha value is -4.23. The van der Waals surface area contributed by atoms with Crippen molar-refractivity contribution in [1.29, 1.82) is 0 Å². The largest absolute Gasteiger partial charge is 0.506 e. The third-order valence-corrected chi connectivity index (χ3v) is 7.80. The van der Waals surface area contributed by atoms with Crippen LogP contribution >= 0.6 is 0 Å². The molecule has 37 heavy (non-hydrogen) atoms. The van der Waals surface area contributed by atoms with Crippen molar-refractivity contribution >= 4 is 47.8 Å². The Balaban J connectivity index is 1.70. The van der Waals surface area contributed by atoms with Crippen molar-refractivity contribution in [3.05, 3.63) is 93.6 Å². The highest BCUT2D eigenvalue weighted by molar-refractivity contribution is 7.94. The number of aromatic hydroxyl groups is 1. The van der Waals surface area contributed by atoms with Gasteiger partial charge in [0.05, 0.1) is 40.0 Å². The van der Waals surface area contributed by atoms with Crippen LogP contribution in [0.2, 0.25) is 0 Å². The number of halogens is 1. The number of pyridine rings is 2. The zero-order valence-corrected chi connectivity index (χ0v) is 20.8. The van der Waals surface area contributed by atoms with Crippen LogP contribution in [0, 0.1) is 5.82 Å². The van der Waals surface area contributed by atoms with Gasteiger partial charge in [-0.3, -0.25) is 14.5 Å². The first kappa shape index (κ1) is 24.5. The van der Waals surface area contributed by atoms with E-state index in [4.69, 9.17) is 0 Å². The fraction of sp³-hybridized carbons (Fsp3) is 0.0833. The molecule has 3 heterocycles. The molecule has 2 aromatic heterocycles. The van der Waals surface area contributed by atoms with E-state index in [1.165, 1.54) is 22.8 Å². The quantitative estimate of drug-likeness (QED) is 0.349. The number of fused-ring (bicyclic) bond motifs is 2. The first-order valence-corrected chi connectivity index (χ1v) is 14.2. The van der Waals surface area contributed by atoms with Crippen LogP contribution in [0.4, 0.5) is 15.8 Å². The summed E-state index contributed by atoms with van der Waals surface area (Å²) in [6.07, 6.45) is 4.02. The summed E-state index contributed by atoms with van der Waals surface area (Å²) in [5, 5.41) is 14.7. The molecular weight excluding hydrogens is 523 g/mol. The molecule has 0 fully saturated rings. The lowest BCUT2D eigenvalue weighted by Crippen LogP contribution is -2.27. The van der Waals surface area contributed by atoms with E-state index in [2.05, 4.69) is 15.0 Å². The molecule has 3 N–H and O–H groups in total. The summed E-state index contributed by atoms with van der Waals surface area (Å²) < 4.78 is 67.0. The van der Waals surface area contributed by atoms with Crippen LogP contribution in [0.25, 0.3) is 16.6 Å². The normalized spacial score (nSPS) is 14.5. The molecule has 10 nitrogen and oxygen atoms in total. The molecule has 13 heteroatoms. The monoisotopic (exact) mass is 542 g/mol. The molecule has 0 atom stereocenters. The van der Waals surface area contributed by atoms with E-state index < -0.39 is 37.0 Å². The Bertz CT molecular complexity index is 1890. The highest BCUT2D eigenvalue weighted by Crippen LogP contribution is 2.38. The number of hydrogen-bond acceptors (Lipinski definition) is 8. The minimum Gasteiger partial charge on any atom is -0.506 e. The lowest BCUT2D eigenvalue weighted by Gasteiger charge is -2.22. The van der Waals surface area contributed by atoms with E-state index in [1.54, 1.807) is 24.5 Å². The third kappa shape index (κ3) is 4.66. The van der Waals surface area contributed by atoms with E-state index >= 15 is 0 Å². The number of sulfone groups is 1. The van der Waals surface area contributed by atoms with Gasteiger partial charge >= 0.3 is 0 Å². The molecule has 5 rings (SSSR count). The predicted octanol–water partition coefficient (Wildman–Crippen LogP) is 2.86. The molecule has 0 spiro atoms. The summed E-state index contributed by atoms with van der Waals surface area (Å²) >= 11 is 0. The molecule has 0 saturated carbocycles. The van der Waals surface area contributed by atoms with E-state index in [0.29, 0.717) is 5.56 Å². The van der Waals surface area contributed by atoms with Gasteiger partial charge in [0.25, 0.3) is 5.56 Å². The topological polar surface area (TPSA) is 147 Å². The Labute approximate surface area is 210 Å². The van der Waals surface area contributed by atoms with Gasteiger partial charge in [-0.05, 0) is 54.1 Å². The predicted molar refractivity (Wildman–Crippen MR) is 137 cm³/mol. The van der Waals surface area contributed by atoms with Crippen LogP contribution in [-0.4, -0.2) is 37.7 Å².